The van der Waals surface area contributed by atoms with E-state index in [0.29, 0.717) is 0 Å². The number of carbonyl (C=O) groups excluding carboxylic acids is 1. The molecule has 4 nitrogen and oxygen atoms in total. The van der Waals surface area contributed by atoms with Crippen molar-refractivity contribution in [3.8, 4) is 0 Å². The van der Waals surface area contributed by atoms with Crippen molar-refractivity contribution in [3.05, 3.63) is 29.8 Å². The van der Waals surface area contributed by atoms with Gasteiger partial charge < -0.3 is 10.4 Å². The van der Waals surface area contributed by atoms with E-state index < -0.39 is 10.7 Å². The van der Waals surface area contributed by atoms with Crippen molar-refractivity contribution in [2.75, 3.05) is 6.54 Å². The number of benzene rings is 1. The largest absolute Gasteiger partial charge is 0.480 e. The molecule has 0 bridgehead atoms. The van der Waals surface area contributed by atoms with Gasteiger partial charge in [0, 0.05) is 11.4 Å². The van der Waals surface area contributed by atoms with Crippen LogP contribution in [-0.4, -0.2) is 28.3 Å². The summed E-state index contributed by atoms with van der Waals surface area (Å²) in [6, 6.07) is 7.63. The van der Waals surface area contributed by atoms with Gasteiger partial charge >= 0.3 is 5.97 Å². The fourth-order valence-electron chi connectivity index (χ4n) is 1.72. The molecule has 1 aromatic rings. The van der Waals surface area contributed by atoms with Crippen molar-refractivity contribution < 1.29 is 14.7 Å². The summed E-state index contributed by atoms with van der Waals surface area (Å²) in [6.07, 6.45) is 0.0286. The monoisotopic (exact) mass is 251 g/mol. The third-order valence-corrected chi connectivity index (χ3v) is 4.10. The highest BCUT2D eigenvalue weighted by Gasteiger charge is 2.46. The highest BCUT2D eigenvalue weighted by Crippen LogP contribution is 2.38. The summed E-state index contributed by atoms with van der Waals surface area (Å²) in [6.45, 7) is 2.15. The van der Waals surface area contributed by atoms with Gasteiger partial charge in [-0.1, -0.05) is 17.7 Å². The molecule has 0 saturated carbocycles. The van der Waals surface area contributed by atoms with E-state index in [-0.39, 0.29) is 18.9 Å². The first kappa shape index (κ1) is 12.0. The van der Waals surface area contributed by atoms with Gasteiger partial charge in [0.15, 0.2) is 0 Å². The van der Waals surface area contributed by atoms with Crippen LogP contribution in [0.1, 0.15) is 12.0 Å². The van der Waals surface area contributed by atoms with Crippen LogP contribution < -0.4 is 5.32 Å². The Morgan fingerprint density at radius 2 is 2.06 bits per heavy atom. The van der Waals surface area contributed by atoms with Gasteiger partial charge in [-0.15, -0.1) is 11.8 Å². The number of hydrogen-bond acceptors (Lipinski definition) is 3. The topological polar surface area (TPSA) is 66.4 Å². The summed E-state index contributed by atoms with van der Waals surface area (Å²) in [7, 11) is 0. The smallest absolute Gasteiger partial charge is 0.322 e. The lowest BCUT2D eigenvalue weighted by molar-refractivity contribution is -0.140. The summed E-state index contributed by atoms with van der Waals surface area (Å²) >= 11 is 1.24. The number of carbonyl (C=O) groups is 2. The molecule has 1 fully saturated rings. The van der Waals surface area contributed by atoms with E-state index in [0.717, 1.165) is 10.5 Å². The van der Waals surface area contributed by atoms with Gasteiger partial charge in [0.2, 0.25) is 5.91 Å². The lowest BCUT2D eigenvalue weighted by Gasteiger charge is -2.21. The van der Waals surface area contributed by atoms with Crippen LogP contribution in [0, 0.1) is 6.92 Å². The van der Waals surface area contributed by atoms with E-state index in [9.17, 15) is 14.7 Å². The van der Waals surface area contributed by atoms with Crippen LogP contribution in [0.3, 0.4) is 0 Å². The number of carboxylic acid groups (broad SMARTS) is 1. The molecule has 1 aliphatic heterocycles. The molecule has 17 heavy (non-hydrogen) atoms. The normalized spacial score (nSPS) is 23.5. The van der Waals surface area contributed by atoms with Gasteiger partial charge in [0.05, 0.1) is 6.42 Å². The molecule has 0 spiro atoms. The molecule has 1 unspecified atom stereocenters. The maximum Gasteiger partial charge on any atom is 0.322 e. The Balaban J connectivity index is 2.22. The fourth-order valence-corrected chi connectivity index (χ4v) is 2.88. The summed E-state index contributed by atoms with van der Waals surface area (Å²) < 4.78 is -1.06. The Morgan fingerprint density at radius 1 is 1.41 bits per heavy atom. The van der Waals surface area contributed by atoms with Gasteiger partial charge in [-0.3, -0.25) is 9.59 Å². The standard InChI is InChI=1S/C12H13NO3S/c1-8-2-4-9(5-3-8)17-12(11(15)16)6-10(14)13-7-12/h2-5H,6-7H2,1H3,(H,13,14)(H,15,16). The molecule has 90 valence electrons. The second-order valence-corrected chi connectivity index (χ2v) is 5.63. The third kappa shape index (κ3) is 2.44. The second kappa shape index (κ2) is 4.41. The summed E-state index contributed by atoms with van der Waals surface area (Å²) in [5.74, 6) is -1.14. The molecule has 1 atom stereocenters. The molecule has 0 aromatic heterocycles. The Morgan fingerprint density at radius 3 is 2.53 bits per heavy atom. The molecule has 0 aliphatic carbocycles. The van der Waals surface area contributed by atoms with Crippen LogP contribution >= 0.6 is 11.8 Å². The number of thioether (sulfide) groups is 1. The Hall–Kier alpha value is -1.49. The van der Waals surface area contributed by atoms with Crippen LogP contribution in [0.4, 0.5) is 0 Å². The highest BCUT2D eigenvalue weighted by molar-refractivity contribution is 8.01. The molecule has 5 heteroatoms. The number of amides is 1. The average molecular weight is 251 g/mol. The lowest BCUT2D eigenvalue weighted by atomic mass is 10.1. The van der Waals surface area contributed by atoms with Crippen molar-refractivity contribution in [2.45, 2.75) is 23.0 Å². The zero-order chi connectivity index (χ0) is 12.5. The van der Waals surface area contributed by atoms with Crippen molar-refractivity contribution in [2.24, 2.45) is 0 Å². The molecule has 2 N–H and O–H groups in total. The highest BCUT2D eigenvalue weighted by atomic mass is 32.2. The predicted molar refractivity (Wildman–Crippen MR) is 65.0 cm³/mol. The molecule has 1 aliphatic rings. The first-order valence-corrected chi connectivity index (χ1v) is 6.09. The molecule has 1 amide bonds. The van der Waals surface area contributed by atoms with Gasteiger partial charge in [0.25, 0.3) is 0 Å². The second-order valence-electron chi connectivity index (χ2n) is 4.17. The van der Waals surface area contributed by atoms with Crippen LogP contribution in [0.2, 0.25) is 0 Å². The van der Waals surface area contributed by atoms with E-state index in [1.165, 1.54) is 11.8 Å². The first-order valence-electron chi connectivity index (χ1n) is 5.28. The van der Waals surface area contributed by atoms with Crippen molar-refractivity contribution in [3.63, 3.8) is 0 Å². The molecule has 1 saturated heterocycles. The average Bonchev–Trinajstić information content (AvgIpc) is 2.65. The minimum atomic E-state index is -1.06. The zero-order valence-corrected chi connectivity index (χ0v) is 10.2. The summed E-state index contributed by atoms with van der Waals surface area (Å²) in [4.78, 5) is 23.4. The molecule has 0 radical (unpaired) electrons. The minimum Gasteiger partial charge on any atom is -0.480 e. The van der Waals surface area contributed by atoms with E-state index in [1.54, 1.807) is 0 Å². The quantitative estimate of drug-likeness (QED) is 0.853. The number of aliphatic carboxylic acids is 1. The molecular formula is C12H13NO3S. The van der Waals surface area contributed by atoms with E-state index in [4.69, 9.17) is 0 Å². The third-order valence-electron chi connectivity index (χ3n) is 2.74. The van der Waals surface area contributed by atoms with E-state index >= 15 is 0 Å². The van der Waals surface area contributed by atoms with Gasteiger partial charge in [-0.2, -0.15) is 0 Å². The van der Waals surface area contributed by atoms with Crippen LogP contribution in [0.15, 0.2) is 29.2 Å². The summed E-state index contributed by atoms with van der Waals surface area (Å²) in [5, 5.41) is 11.9. The van der Waals surface area contributed by atoms with Crippen molar-refractivity contribution in [1.82, 2.24) is 5.32 Å². The van der Waals surface area contributed by atoms with Gasteiger partial charge in [0.1, 0.15) is 4.75 Å². The zero-order valence-electron chi connectivity index (χ0n) is 9.40. The maximum atomic E-state index is 11.3. The Labute approximate surface area is 103 Å². The molecule has 2 rings (SSSR count). The maximum absolute atomic E-state index is 11.3. The van der Waals surface area contributed by atoms with Gasteiger partial charge in [-0.25, -0.2) is 0 Å². The van der Waals surface area contributed by atoms with Crippen LogP contribution in [-0.2, 0) is 9.59 Å². The number of carboxylic acids is 1. The summed E-state index contributed by atoms with van der Waals surface area (Å²) in [5.41, 5.74) is 1.12. The number of nitrogens with one attached hydrogen (secondary N) is 1. The number of hydrogen-bond donors (Lipinski definition) is 2. The predicted octanol–water partition coefficient (Wildman–Crippen LogP) is 1.43. The fraction of sp³-hybridized carbons (Fsp3) is 0.333. The van der Waals surface area contributed by atoms with Crippen LogP contribution in [0.5, 0.6) is 0 Å². The molecule has 1 heterocycles. The SMILES string of the molecule is Cc1ccc(SC2(C(=O)O)CNC(=O)C2)cc1. The molecule has 1 aromatic carbocycles. The van der Waals surface area contributed by atoms with E-state index in [1.807, 2.05) is 31.2 Å². The number of rotatable bonds is 3. The Kier molecular flexibility index (Phi) is 3.11. The van der Waals surface area contributed by atoms with Crippen LogP contribution in [0.25, 0.3) is 0 Å². The number of aryl methyl sites for hydroxylation is 1. The first-order chi connectivity index (χ1) is 8.02. The molecular weight excluding hydrogens is 238 g/mol. The van der Waals surface area contributed by atoms with Crippen molar-refractivity contribution >= 4 is 23.6 Å². The minimum absolute atomic E-state index is 0.0286. The Bertz CT molecular complexity index is 457. The van der Waals surface area contributed by atoms with Gasteiger partial charge in [-0.05, 0) is 19.1 Å². The lowest BCUT2D eigenvalue weighted by Crippen LogP contribution is -2.37. The van der Waals surface area contributed by atoms with E-state index in [2.05, 4.69) is 5.32 Å². The van der Waals surface area contributed by atoms with Crippen molar-refractivity contribution in [1.29, 1.82) is 0 Å².